The van der Waals surface area contributed by atoms with Crippen molar-refractivity contribution in [2.24, 2.45) is 0 Å². The minimum atomic E-state index is -4.64. The number of anilines is 1. The Hall–Kier alpha value is -2.36. The van der Waals surface area contributed by atoms with Crippen LogP contribution in [0.4, 0.5) is 24.5 Å². The SMILES string of the molecule is CNCCCC(=O)N1CCN(c2ccc(C(F)(F)F)cc2[N+](=O)[O-])CC1. The molecular weight excluding hydrogens is 353 g/mol. The van der Waals surface area contributed by atoms with E-state index in [4.69, 9.17) is 0 Å². The first-order valence-corrected chi connectivity index (χ1v) is 8.27. The summed E-state index contributed by atoms with van der Waals surface area (Å²) in [6.45, 7) is 2.19. The average Bonchev–Trinajstić information content (AvgIpc) is 2.60. The fourth-order valence-electron chi connectivity index (χ4n) is 2.88. The summed E-state index contributed by atoms with van der Waals surface area (Å²) in [6, 6.07) is 2.54. The van der Waals surface area contributed by atoms with Crippen LogP contribution in [0.3, 0.4) is 0 Å². The van der Waals surface area contributed by atoms with E-state index in [1.54, 1.807) is 16.8 Å². The number of amides is 1. The van der Waals surface area contributed by atoms with E-state index in [2.05, 4.69) is 5.32 Å². The Labute approximate surface area is 148 Å². The first-order chi connectivity index (χ1) is 12.2. The first-order valence-electron chi connectivity index (χ1n) is 8.27. The number of nitro groups is 1. The quantitative estimate of drug-likeness (QED) is 0.469. The van der Waals surface area contributed by atoms with E-state index in [-0.39, 0.29) is 11.6 Å². The van der Waals surface area contributed by atoms with Gasteiger partial charge in [0.25, 0.3) is 5.69 Å². The van der Waals surface area contributed by atoms with Gasteiger partial charge in [-0.25, -0.2) is 0 Å². The molecule has 144 valence electrons. The van der Waals surface area contributed by atoms with E-state index in [9.17, 15) is 28.1 Å². The summed E-state index contributed by atoms with van der Waals surface area (Å²) in [5.41, 5.74) is -1.48. The summed E-state index contributed by atoms with van der Waals surface area (Å²) in [6.07, 6.45) is -3.50. The lowest BCUT2D eigenvalue weighted by atomic mass is 10.1. The van der Waals surface area contributed by atoms with E-state index in [0.717, 1.165) is 25.1 Å². The summed E-state index contributed by atoms with van der Waals surface area (Å²) < 4.78 is 38.4. The van der Waals surface area contributed by atoms with Crippen molar-refractivity contribution in [2.75, 3.05) is 44.7 Å². The largest absolute Gasteiger partial charge is 0.416 e. The fraction of sp³-hybridized carbons (Fsp3) is 0.562. The van der Waals surface area contributed by atoms with Gasteiger partial charge in [0.2, 0.25) is 5.91 Å². The van der Waals surface area contributed by atoms with Gasteiger partial charge in [-0.3, -0.25) is 14.9 Å². The van der Waals surface area contributed by atoms with Crippen LogP contribution in [0.25, 0.3) is 0 Å². The lowest BCUT2D eigenvalue weighted by Gasteiger charge is -2.36. The predicted molar refractivity (Wildman–Crippen MR) is 90.1 cm³/mol. The molecule has 0 aliphatic carbocycles. The molecule has 26 heavy (non-hydrogen) atoms. The molecule has 0 spiro atoms. The van der Waals surface area contributed by atoms with Crippen LogP contribution in [0, 0.1) is 10.1 Å². The molecule has 0 unspecified atom stereocenters. The highest BCUT2D eigenvalue weighted by Crippen LogP contribution is 2.36. The molecule has 0 atom stereocenters. The zero-order valence-corrected chi connectivity index (χ0v) is 14.4. The Morgan fingerprint density at radius 2 is 1.92 bits per heavy atom. The van der Waals surface area contributed by atoms with Gasteiger partial charge in [-0.2, -0.15) is 13.2 Å². The monoisotopic (exact) mass is 374 g/mol. The highest BCUT2D eigenvalue weighted by molar-refractivity contribution is 5.76. The number of halogens is 3. The second-order valence-corrected chi connectivity index (χ2v) is 6.03. The van der Waals surface area contributed by atoms with Crippen LogP contribution in [0.2, 0.25) is 0 Å². The number of nitrogens with zero attached hydrogens (tertiary/aromatic N) is 3. The lowest BCUT2D eigenvalue weighted by Crippen LogP contribution is -2.49. The molecule has 0 bridgehead atoms. The van der Waals surface area contributed by atoms with Gasteiger partial charge < -0.3 is 15.1 Å². The van der Waals surface area contributed by atoms with E-state index in [0.29, 0.717) is 38.7 Å². The third-order valence-corrected chi connectivity index (χ3v) is 4.29. The van der Waals surface area contributed by atoms with Crippen LogP contribution < -0.4 is 10.2 Å². The van der Waals surface area contributed by atoms with Crippen LogP contribution in [0.15, 0.2) is 18.2 Å². The standard InChI is InChI=1S/C16H21F3N4O3/c1-20-6-2-3-15(24)22-9-7-21(8-10-22)13-5-4-12(16(17,18)19)11-14(13)23(25)26/h4-5,11,20H,2-3,6-10H2,1H3. The van der Waals surface area contributed by atoms with Crippen molar-refractivity contribution < 1.29 is 22.9 Å². The number of benzene rings is 1. The van der Waals surface area contributed by atoms with Crippen molar-refractivity contribution in [3.63, 3.8) is 0 Å². The van der Waals surface area contributed by atoms with E-state index in [1.165, 1.54) is 0 Å². The molecule has 1 aliphatic heterocycles. The van der Waals surface area contributed by atoms with Crippen molar-refractivity contribution in [2.45, 2.75) is 19.0 Å². The average molecular weight is 374 g/mol. The second kappa shape index (κ2) is 8.35. The zero-order chi connectivity index (χ0) is 19.3. The number of nitro benzene ring substituents is 1. The molecule has 10 heteroatoms. The molecule has 2 rings (SSSR count). The van der Waals surface area contributed by atoms with Gasteiger partial charge in [-0.15, -0.1) is 0 Å². The van der Waals surface area contributed by atoms with E-state index in [1.807, 2.05) is 0 Å². The van der Waals surface area contributed by atoms with Crippen LogP contribution in [-0.4, -0.2) is 55.5 Å². The Morgan fingerprint density at radius 1 is 1.27 bits per heavy atom. The molecule has 1 aromatic carbocycles. The number of hydrogen-bond donors (Lipinski definition) is 1. The van der Waals surface area contributed by atoms with Crippen molar-refractivity contribution in [3.05, 3.63) is 33.9 Å². The number of alkyl halides is 3. The molecule has 0 aromatic heterocycles. The Bertz CT molecular complexity index is 659. The maximum Gasteiger partial charge on any atom is 0.416 e. The molecule has 1 heterocycles. The van der Waals surface area contributed by atoms with Crippen LogP contribution in [-0.2, 0) is 11.0 Å². The smallest absolute Gasteiger partial charge is 0.362 e. The van der Waals surface area contributed by atoms with Gasteiger partial charge in [-0.05, 0) is 32.1 Å². The molecule has 0 radical (unpaired) electrons. The van der Waals surface area contributed by atoms with Crippen molar-refractivity contribution >= 4 is 17.3 Å². The molecule has 1 N–H and O–H groups in total. The van der Waals surface area contributed by atoms with E-state index >= 15 is 0 Å². The highest BCUT2D eigenvalue weighted by atomic mass is 19.4. The van der Waals surface area contributed by atoms with Gasteiger partial charge in [-0.1, -0.05) is 0 Å². The summed E-state index contributed by atoms with van der Waals surface area (Å²) in [5, 5.41) is 14.2. The molecular formula is C16H21F3N4O3. The maximum atomic E-state index is 12.8. The third kappa shape index (κ3) is 4.84. The molecule has 1 aliphatic rings. The number of carbonyl (C=O) groups is 1. The summed E-state index contributed by atoms with van der Waals surface area (Å²) >= 11 is 0. The number of carbonyl (C=O) groups excluding carboxylic acids is 1. The third-order valence-electron chi connectivity index (χ3n) is 4.29. The Balaban J connectivity index is 2.07. The maximum absolute atomic E-state index is 12.8. The van der Waals surface area contributed by atoms with Gasteiger partial charge in [0.1, 0.15) is 5.69 Å². The van der Waals surface area contributed by atoms with Crippen molar-refractivity contribution in [3.8, 4) is 0 Å². The van der Waals surface area contributed by atoms with Gasteiger partial charge in [0, 0.05) is 38.7 Å². The second-order valence-electron chi connectivity index (χ2n) is 6.03. The van der Waals surface area contributed by atoms with Gasteiger partial charge in [0.05, 0.1) is 10.5 Å². The summed E-state index contributed by atoms with van der Waals surface area (Å²) in [7, 11) is 1.81. The molecule has 1 fully saturated rings. The number of piperazine rings is 1. The lowest BCUT2D eigenvalue weighted by molar-refractivity contribution is -0.384. The van der Waals surface area contributed by atoms with Gasteiger partial charge >= 0.3 is 6.18 Å². The normalized spacial score (nSPS) is 15.2. The number of rotatable bonds is 6. The minimum Gasteiger partial charge on any atom is -0.362 e. The highest BCUT2D eigenvalue weighted by Gasteiger charge is 2.34. The predicted octanol–water partition coefficient (Wildman–Crippen LogP) is 2.26. The minimum absolute atomic E-state index is 0.0156. The Kier molecular flexibility index (Phi) is 6.41. The van der Waals surface area contributed by atoms with Crippen LogP contribution in [0.5, 0.6) is 0 Å². The molecule has 1 amide bonds. The summed E-state index contributed by atoms with van der Waals surface area (Å²) in [5.74, 6) is 0.0156. The molecule has 1 saturated heterocycles. The van der Waals surface area contributed by atoms with Crippen molar-refractivity contribution in [1.29, 1.82) is 0 Å². The number of nitrogens with one attached hydrogen (secondary N) is 1. The van der Waals surface area contributed by atoms with Crippen LogP contribution in [0.1, 0.15) is 18.4 Å². The first kappa shape index (κ1) is 20.0. The zero-order valence-electron chi connectivity index (χ0n) is 14.4. The topological polar surface area (TPSA) is 78.7 Å². The van der Waals surface area contributed by atoms with Gasteiger partial charge in [0.15, 0.2) is 0 Å². The van der Waals surface area contributed by atoms with E-state index < -0.39 is 22.4 Å². The molecule has 1 aromatic rings. The summed E-state index contributed by atoms with van der Waals surface area (Å²) in [4.78, 5) is 25.8. The fourth-order valence-corrected chi connectivity index (χ4v) is 2.88. The molecule has 0 saturated carbocycles. The van der Waals surface area contributed by atoms with Crippen molar-refractivity contribution in [1.82, 2.24) is 10.2 Å². The van der Waals surface area contributed by atoms with Crippen LogP contribution >= 0.6 is 0 Å². The number of hydrogen-bond acceptors (Lipinski definition) is 5. The Morgan fingerprint density at radius 3 is 2.46 bits per heavy atom. The molecule has 7 nitrogen and oxygen atoms in total.